The van der Waals surface area contributed by atoms with Crippen molar-refractivity contribution in [3.63, 3.8) is 0 Å². The van der Waals surface area contributed by atoms with Gasteiger partial charge < -0.3 is 10.3 Å². The van der Waals surface area contributed by atoms with Gasteiger partial charge in [-0.05, 0) is 37.5 Å². The molecule has 0 bridgehead atoms. The number of benzene rings is 2. The molecule has 0 saturated carbocycles. The predicted octanol–water partition coefficient (Wildman–Crippen LogP) is 3.55. The summed E-state index contributed by atoms with van der Waals surface area (Å²) in [7, 11) is 0. The zero-order valence-corrected chi connectivity index (χ0v) is 14.0. The minimum atomic E-state index is 0.111. The molecule has 0 aliphatic carbocycles. The molecule has 124 valence electrons. The second-order valence-electron chi connectivity index (χ2n) is 6.14. The summed E-state index contributed by atoms with van der Waals surface area (Å²) in [6.07, 6.45) is 3.05. The van der Waals surface area contributed by atoms with Gasteiger partial charge in [-0.15, -0.1) is 0 Å². The van der Waals surface area contributed by atoms with Crippen LogP contribution >= 0.6 is 0 Å². The van der Waals surface area contributed by atoms with E-state index < -0.39 is 0 Å². The lowest BCUT2D eigenvalue weighted by molar-refractivity contribution is -0.121. The summed E-state index contributed by atoms with van der Waals surface area (Å²) >= 11 is 0. The molecule has 4 nitrogen and oxygen atoms in total. The van der Waals surface area contributed by atoms with Gasteiger partial charge in [0.15, 0.2) is 0 Å². The van der Waals surface area contributed by atoms with Crippen LogP contribution in [-0.2, 0) is 17.6 Å². The first-order chi connectivity index (χ1) is 11.7. The van der Waals surface area contributed by atoms with Crippen molar-refractivity contribution in [2.45, 2.75) is 32.6 Å². The van der Waals surface area contributed by atoms with E-state index >= 15 is 0 Å². The van der Waals surface area contributed by atoms with E-state index in [4.69, 9.17) is 0 Å². The van der Waals surface area contributed by atoms with Gasteiger partial charge in [-0.1, -0.05) is 42.0 Å². The number of aromatic nitrogens is 2. The maximum atomic E-state index is 11.9. The van der Waals surface area contributed by atoms with Crippen LogP contribution in [0.15, 0.2) is 48.5 Å². The normalized spacial score (nSPS) is 10.9. The van der Waals surface area contributed by atoms with E-state index in [1.807, 2.05) is 24.3 Å². The number of rotatable bonds is 7. The van der Waals surface area contributed by atoms with Crippen molar-refractivity contribution < 1.29 is 4.79 Å². The second kappa shape index (κ2) is 7.77. The van der Waals surface area contributed by atoms with Crippen LogP contribution in [-0.4, -0.2) is 22.4 Å². The highest BCUT2D eigenvalue weighted by Gasteiger charge is 2.04. The summed E-state index contributed by atoms with van der Waals surface area (Å²) in [6.45, 7) is 2.75. The summed E-state index contributed by atoms with van der Waals surface area (Å²) in [5.41, 5.74) is 4.51. The number of nitrogens with one attached hydrogen (secondary N) is 2. The Kier molecular flexibility index (Phi) is 5.26. The van der Waals surface area contributed by atoms with Gasteiger partial charge in [0.1, 0.15) is 5.82 Å². The number of imidazole rings is 1. The fourth-order valence-electron chi connectivity index (χ4n) is 2.71. The summed E-state index contributed by atoms with van der Waals surface area (Å²) < 4.78 is 0. The number of carbonyl (C=O) groups excluding carboxylic acids is 1. The topological polar surface area (TPSA) is 57.8 Å². The molecule has 0 saturated heterocycles. The Hall–Kier alpha value is -2.62. The molecule has 0 aliphatic rings. The molecule has 3 rings (SSSR count). The molecule has 0 aliphatic heterocycles. The minimum absolute atomic E-state index is 0.111. The largest absolute Gasteiger partial charge is 0.356 e. The fourth-order valence-corrected chi connectivity index (χ4v) is 2.71. The van der Waals surface area contributed by atoms with Gasteiger partial charge in [0.25, 0.3) is 0 Å². The van der Waals surface area contributed by atoms with E-state index in [9.17, 15) is 4.79 Å². The number of amides is 1. The summed E-state index contributed by atoms with van der Waals surface area (Å²) in [6, 6.07) is 16.4. The van der Waals surface area contributed by atoms with Crippen LogP contribution in [0.4, 0.5) is 0 Å². The fraction of sp³-hybridized carbons (Fsp3) is 0.300. The Labute approximate surface area is 142 Å². The van der Waals surface area contributed by atoms with E-state index in [0.29, 0.717) is 13.0 Å². The van der Waals surface area contributed by atoms with Crippen LogP contribution in [0.3, 0.4) is 0 Å². The maximum absolute atomic E-state index is 11.9. The van der Waals surface area contributed by atoms with E-state index in [0.717, 1.165) is 36.1 Å². The highest BCUT2D eigenvalue weighted by Crippen LogP contribution is 2.11. The molecular formula is C20H23N3O. The summed E-state index contributed by atoms with van der Waals surface area (Å²) in [5, 5.41) is 2.99. The third-order valence-electron chi connectivity index (χ3n) is 4.11. The van der Waals surface area contributed by atoms with Crippen LogP contribution in [0.25, 0.3) is 11.0 Å². The number of aromatic amines is 1. The quantitative estimate of drug-likeness (QED) is 0.654. The van der Waals surface area contributed by atoms with E-state index in [1.165, 1.54) is 11.1 Å². The molecule has 0 atom stereocenters. The first kappa shape index (κ1) is 16.2. The highest BCUT2D eigenvalue weighted by molar-refractivity contribution is 5.76. The zero-order chi connectivity index (χ0) is 16.8. The molecule has 0 radical (unpaired) electrons. The third kappa shape index (κ3) is 4.44. The molecule has 0 fully saturated rings. The lowest BCUT2D eigenvalue weighted by Gasteiger charge is -2.05. The lowest BCUT2D eigenvalue weighted by atomic mass is 10.1. The third-order valence-corrected chi connectivity index (χ3v) is 4.11. The number of fused-ring (bicyclic) bond motifs is 1. The van der Waals surface area contributed by atoms with Crippen LogP contribution in [0.1, 0.15) is 29.8 Å². The van der Waals surface area contributed by atoms with Crippen LogP contribution < -0.4 is 5.32 Å². The smallest absolute Gasteiger partial charge is 0.220 e. The molecule has 1 aromatic heterocycles. The van der Waals surface area contributed by atoms with Crippen molar-refractivity contribution in [1.82, 2.24) is 15.3 Å². The van der Waals surface area contributed by atoms with Gasteiger partial charge in [-0.2, -0.15) is 0 Å². The first-order valence-corrected chi connectivity index (χ1v) is 8.46. The Morgan fingerprint density at radius 2 is 1.88 bits per heavy atom. The highest BCUT2D eigenvalue weighted by atomic mass is 16.1. The molecule has 24 heavy (non-hydrogen) atoms. The van der Waals surface area contributed by atoms with Crippen LogP contribution in [0.2, 0.25) is 0 Å². The summed E-state index contributed by atoms with van der Waals surface area (Å²) in [5.74, 6) is 1.09. The molecule has 2 aromatic carbocycles. The molecule has 4 heteroatoms. The SMILES string of the molecule is Cc1ccc(CCC(=O)NCCCc2nc3ccccc3[nH]2)cc1. The van der Waals surface area contributed by atoms with E-state index in [1.54, 1.807) is 0 Å². The van der Waals surface area contributed by atoms with Crippen molar-refractivity contribution in [1.29, 1.82) is 0 Å². The molecule has 1 heterocycles. The number of H-pyrrole nitrogens is 1. The van der Waals surface area contributed by atoms with Crippen molar-refractivity contribution >= 4 is 16.9 Å². The average Bonchev–Trinajstić information content (AvgIpc) is 3.01. The number of hydrogen-bond donors (Lipinski definition) is 2. The van der Waals surface area contributed by atoms with E-state index in [-0.39, 0.29) is 5.91 Å². The van der Waals surface area contributed by atoms with Crippen LogP contribution in [0.5, 0.6) is 0 Å². The number of para-hydroxylation sites is 2. The number of hydrogen-bond acceptors (Lipinski definition) is 2. The van der Waals surface area contributed by atoms with Crippen molar-refractivity contribution in [3.05, 3.63) is 65.5 Å². The van der Waals surface area contributed by atoms with Crippen molar-refractivity contribution in [2.75, 3.05) is 6.54 Å². The Balaban J connectivity index is 1.36. The van der Waals surface area contributed by atoms with Crippen molar-refractivity contribution in [3.8, 4) is 0 Å². The molecular weight excluding hydrogens is 298 g/mol. The number of aryl methyl sites for hydroxylation is 3. The van der Waals surface area contributed by atoms with Crippen LogP contribution in [0, 0.1) is 6.92 Å². The molecule has 0 spiro atoms. The number of nitrogens with zero attached hydrogens (tertiary/aromatic N) is 1. The standard InChI is InChI=1S/C20H23N3O/c1-15-8-10-16(11-9-15)12-13-20(24)21-14-4-7-19-22-17-5-2-3-6-18(17)23-19/h2-3,5-6,8-11H,4,7,12-14H2,1H3,(H,21,24)(H,22,23). The number of carbonyl (C=O) groups is 1. The summed E-state index contributed by atoms with van der Waals surface area (Å²) in [4.78, 5) is 19.8. The molecule has 3 aromatic rings. The first-order valence-electron chi connectivity index (χ1n) is 8.46. The van der Waals surface area contributed by atoms with Gasteiger partial charge in [0, 0.05) is 19.4 Å². The Morgan fingerprint density at radius 3 is 2.67 bits per heavy atom. The van der Waals surface area contributed by atoms with Gasteiger partial charge in [0.05, 0.1) is 11.0 Å². The van der Waals surface area contributed by atoms with Gasteiger partial charge in [0.2, 0.25) is 5.91 Å². The second-order valence-corrected chi connectivity index (χ2v) is 6.14. The molecule has 1 amide bonds. The predicted molar refractivity (Wildman–Crippen MR) is 96.9 cm³/mol. The maximum Gasteiger partial charge on any atom is 0.220 e. The lowest BCUT2D eigenvalue weighted by Crippen LogP contribution is -2.25. The van der Waals surface area contributed by atoms with Gasteiger partial charge in [-0.3, -0.25) is 4.79 Å². The monoisotopic (exact) mass is 321 g/mol. The zero-order valence-electron chi connectivity index (χ0n) is 14.0. The molecule has 2 N–H and O–H groups in total. The Bertz CT molecular complexity index is 772. The van der Waals surface area contributed by atoms with Gasteiger partial charge in [-0.25, -0.2) is 4.98 Å². The van der Waals surface area contributed by atoms with Crippen molar-refractivity contribution in [2.24, 2.45) is 0 Å². The average molecular weight is 321 g/mol. The Morgan fingerprint density at radius 1 is 1.08 bits per heavy atom. The van der Waals surface area contributed by atoms with E-state index in [2.05, 4.69) is 46.5 Å². The minimum Gasteiger partial charge on any atom is -0.356 e. The molecule has 0 unspecified atom stereocenters. The van der Waals surface area contributed by atoms with Gasteiger partial charge >= 0.3 is 0 Å².